The van der Waals surface area contributed by atoms with Crippen molar-refractivity contribution in [2.75, 3.05) is 5.73 Å². The van der Waals surface area contributed by atoms with Crippen molar-refractivity contribution in [2.24, 2.45) is 5.73 Å². The van der Waals surface area contributed by atoms with Crippen LogP contribution in [0.5, 0.6) is 0 Å². The van der Waals surface area contributed by atoms with Gasteiger partial charge in [0.2, 0.25) is 0 Å². The number of benzene rings is 1. The van der Waals surface area contributed by atoms with Gasteiger partial charge < -0.3 is 16.9 Å². The lowest BCUT2D eigenvalue weighted by Gasteiger charge is -1.99. The van der Waals surface area contributed by atoms with Crippen molar-refractivity contribution in [2.45, 2.75) is 0 Å². The monoisotopic (exact) mass is 221 g/mol. The van der Waals surface area contributed by atoms with Crippen LogP contribution in [0.25, 0.3) is 0 Å². The molecule has 0 saturated heterocycles. The third-order valence-corrected chi connectivity index (χ3v) is 1.79. The zero-order valence-corrected chi connectivity index (χ0v) is 8.22. The van der Waals surface area contributed by atoms with Crippen LogP contribution >= 0.6 is 0 Å². The van der Waals surface area contributed by atoms with Gasteiger partial charge in [0.1, 0.15) is 5.82 Å². The van der Waals surface area contributed by atoms with Gasteiger partial charge in [-0.05, 0) is 12.1 Å². The van der Waals surface area contributed by atoms with Crippen LogP contribution in [0, 0.1) is 28.9 Å². The van der Waals surface area contributed by atoms with Crippen LogP contribution in [0.15, 0.2) is 23.9 Å². The molecule has 16 heavy (non-hydrogen) atoms. The summed E-state index contributed by atoms with van der Waals surface area (Å²) < 4.78 is 26.5. The Hall–Kier alpha value is -2.35. The lowest BCUT2D eigenvalue weighted by Crippen LogP contribution is -1.97. The first-order valence-electron chi connectivity index (χ1n) is 4.28. The number of rotatable bonds is 1. The Morgan fingerprint density at radius 2 is 2.06 bits per heavy atom. The second-order valence-electron chi connectivity index (χ2n) is 2.84. The van der Waals surface area contributed by atoms with Gasteiger partial charge in [-0.25, -0.2) is 8.78 Å². The second-order valence-corrected chi connectivity index (χ2v) is 2.84. The summed E-state index contributed by atoms with van der Waals surface area (Å²) in [7, 11) is 0. The van der Waals surface area contributed by atoms with Crippen molar-refractivity contribution < 1.29 is 8.78 Å². The molecule has 1 aromatic carbocycles. The molecular formula is C11H9F2N3. The zero-order valence-electron chi connectivity index (χ0n) is 8.22. The van der Waals surface area contributed by atoms with E-state index in [4.69, 9.17) is 16.9 Å². The number of allylic oxidation sites excluding steroid dienone is 1. The van der Waals surface area contributed by atoms with E-state index in [1.54, 1.807) is 0 Å². The molecule has 3 nitrogen and oxygen atoms in total. The van der Waals surface area contributed by atoms with Crippen LogP contribution in [0.2, 0.25) is 0 Å². The maximum atomic E-state index is 13.3. The first-order valence-corrected chi connectivity index (χ1v) is 4.28. The third-order valence-electron chi connectivity index (χ3n) is 1.79. The van der Waals surface area contributed by atoms with Gasteiger partial charge in [-0.15, -0.1) is 0 Å². The van der Waals surface area contributed by atoms with E-state index in [1.165, 1.54) is 0 Å². The van der Waals surface area contributed by atoms with Gasteiger partial charge >= 0.3 is 0 Å². The second kappa shape index (κ2) is 4.94. The van der Waals surface area contributed by atoms with Gasteiger partial charge in [-0.2, -0.15) is 0 Å². The summed E-state index contributed by atoms with van der Waals surface area (Å²) in [4.78, 5) is 0. The van der Waals surface area contributed by atoms with E-state index < -0.39 is 17.2 Å². The van der Waals surface area contributed by atoms with Gasteiger partial charge in [0.15, 0.2) is 5.82 Å². The topological polar surface area (TPSA) is 75.9 Å². The van der Waals surface area contributed by atoms with Crippen LogP contribution in [0.1, 0.15) is 5.56 Å². The zero-order chi connectivity index (χ0) is 12.1. The molecule has 1 aromatic rings. The molecule has 0 aliphatic carbocycles. The number of anilines is 1. The van der Waals surface area contributed by atoms with E-state index in [9.17, 15) is 8.78 Å². The third kappa shape index (κ3) is 2.36. The molecule has 0 bridgehead atoms. The average Bonchev–Trinajstić information content (AvgIpc) is 2.29. The molecule has 0 atom stereocenters. The summed E-state index contributed by atoms with van der Waals surface area (Å²) in [5.74, 6) is 2.88. The van der Waals surface area contributed by atoms with Gasteiger partial charge in [-0.1, -0.05) is 11.8 Å². The molecule has 0 saturated carbocycles. The van der Waals surface area contributed by atoms with Crippen molar-refractivity contribution >= 4 is 11.9 Å². The largest absolute Gasteiger partial charge is 0.404 e. The van der Waals surface area contributed by atoms with Crippen molar-refractivity contribution in [3.63, 3.8) is 0 Å². The molecule has 0 radical (unpaired) electrons. The minimum atomic E-state index is -0.908. The molecule has 82 valence electrons. The highest BCUT2D eigenvalue weighted by molar-refractivity contribution is 5.82. The van der Waals surface area contributed by atoms with Crippen molar-refractivity contribution in [3.8, 4) is 11.8 Å². The minimum absolute atomic E-state index is 0.154. The first kappa shape index (κ1) is 11.7. The smallest absolute Gasteiger partial charge is 0.164 e. The van der Waals surface area contributed by atoms with E-state index in [-0.39, 0.29) is 11.3 Å². The Kier molecular flexibility index (Phi) is 3.62. The fraction of sp³-hybridized carbons (Fsp3) is 0. The normalized spacial score (nSPS) is 10.5. The van der Waals surface area contributed by atoms with E-state index in [0.29, 0.717) is 0 Å². The first-order chi connectivity index (χ1) is 7.60. The standard InChI is InChI=1S/C11H9F2N3/c12-9-3-4-10(16)11(13)8(9)2-1-7(5-14)6-15/h3-6,14H,15-16H2. The molecule has 0 heterocycles. The number of halogens is 2. The Labute approximate surface area is 91.3 Å². The van der Waals surface area contributed by atoms with Gasteiger partial charge in [0, 0.05) is 12.4 Å². The quantitative estimate of drug-likeness (QED) is 0.381. The SMILES string of the molecule is N=CC(C#Cc1c(F)ccc(N)c1F)=CN. The number of nitrogens with one attached hydrogen (secondary N) is 1. The van der Waals surface area contributed by atoms with Gasteiger partial charge in [0.25, 0.3) is 0 Å². The Bertz CT molecular complexity index is 510. The van der Waals surface area contributed by atoms with Crippen LogP contribution in [-0.4, -0.2) is 6.21 Å². The lowest BCUT2D eigenvalue weighted by molar-refractivity contribution is 0.580. The predicted octanol–water partition coefficient (Wildman–Crippen LogP) is 1.39. The molecule has 0 spiro atoms. The van der Waals surface area contributed by atoms with Crippen LogP contribution in [0.4, 0.5) is 14.5 Å². The van der Waals surface area contributed by atoms with E-state index in [1.807, 2.05) is 0 Å². The summed E-state index contributed by atoms with van der Waals surface area (Å²) >= 11 is 0. The predicted molar refractivity (Wildman–Crippen MR) is 58.7 cm³/mol. The van der Waals surface area contributed by atoms with Crippen LogP contribution in [0.3, 0.4) is 0 Å². The molecule has 0 unspecified atom stereocenters. The minimum Gasteiger partial charge on any atom is -0.404 e. The molecule has 0 aliphatic heterocycles. The van der Waals surface area contributed by atoms with E-state index in [2.05, 4.69) is 11.8 Å². The highest BCUT2D eigenvalue weighted by Crippen LogP contribution is 2.17. The highest BCUT2D eigenvalue weighted by Gasteiger charge is 2.09. The fourth-order valence-corrected chi connectivity index (χ4v) is 0.944. The number of nitrogens with two attached hydrogens (primary N) is 2. The molecule has 0 aromatic heterocycles. The molecule has 0 fully saturated rings. The van der Waals surface area contributed by atoms with Crippen molar-refractivity contribution in [1.29, 1.82) is 5.41 Å². The number of nitrogen functional groups attached to an aromatic ring is 1. The molecule has 0 amide bonds. The van der Waals surface area contributed by atoms with E-state index in [0.717, 1.165) is 24.5 Å². The highest BCUT2D eigenvalue weighted by atomic mass is 19.1. The molecule has 1 rings (SSSR count). The molecule has 5 heteroatoms. The summed E-state index contributed by atoms with van der Waals surface area (Å²) in [5, 5.41) is 6.89. The Morgan fingerprint density at radius 3 is 2.62 bits per heavy atom. The molecule has 5 N–H and O–H groups in total. The Balaban J connectivity index is 3.25. The summed E-state index contributed by atoms with van der Waals surface area (Å²) in [6.07, 6.45) is 1.96. The number of hydrogen-bond donors (Lipinski definition) is 3. The molecule has 0 aliphatic rings. The lowest BCUT2D eigenvalue weighted by atomic mass is 10.1. The van der Waals surface area contributed by atoms with Gasteiger partial charge in [0.05, 0.1) is 16.8 Å². The maximum Gasteiger partial charge on any atom is 0.164 e. The maximum absolute atomic E-state index is 13.3. The fourth-order valence-electron chi connectivity index (χ4n) is 0.944. The molecular weight excluding hydrogens is 212 g/mol. The van der Waals surface area contributed by atoms with Crippen LogP contribution < -0.4 is 11.5 Å². The van der Waals surface area contributed by atoms with Crippen molar-refractivity contribution in [1.82, 2.24) is 0 Å². The van der Waals surface area contributed by atoms with Crippen LogP contribution in [-0.2, 0) is 0 Å². The summed E-state index contributed by atoms with van der Waals surface area (Å²) in [5.41, 5.74) is 9.94. The number of hydrogen-bond acceptors (Lipinski definition) is 3. The Morgan fingerprint density at radius 1 is 1.38 bits per heavy atom. The summed E-state index contributed by atoms with van der Waals surface area (Å²) in [6, 6.07) is 2.14. The van der Waals surface area contributed by atoms with Crippen molar-refractivity contribution in [3.05, 3.63) is 41.1 Å². The van der Waals surface area contributed by atoms with E-state index >= 15 is 0 Å². The average molecular weight is 221 g/mol. The summed E-state index contributed by atoms with van der Waals surface area (Å²) in [6.45, 7) is 0. The van der Waals surface area contributed by atoms with Gasteiger partial charge in [-0.3, -0.25) is 0 Å².